The van der Waals surface area contributed by atoms with E-state index >= 15 is 0 Å². The fourth-order valence-corrected chi connectivity index (χ4v) is 4.98. The van der Waals surface area contributed by atoms with Crippen LogP contribution in [0.2, 0.25) is 0 Å². The van der Waals surface area contributed by atoms with Gasteiger partial charge >= 0.3 is 0 Å². The number of rotatable bonds is 12. The van der Waals surface area contributed by atoms with Gasteiger partial charge in [0.1, 0.15) is 23.0 Å². The molecule has 1 amide bonds. The summed E-state index contributed by atoms with van der Waals surface area (Å²) in [6.07, 6.45) is 0.880. The molecule has 1 unspecified atom stereocenters. The predicted molar refractivity (Wildman–Crippen MR) is 157 cm³/mol. The lowest BCUT2D eigenvalue weighted by Gasteiger charge is -2.28. The molecule has 1 atom stereocenters. The Bertz CT molecular complexity index is 1360. The van der Waals surface area contributed by atoms with Crippen molar-refractivity contribution < 1.29 is 24.2 Å². The molecule has 210 valence electrons. The van der Waals surface area contributed by atoms with Gasteiger partial charge in [-0.3, -0.25) is 9.59 Å². The van der Waals surface area contributed by atoms with E-state index in [1.165, 1.54) is 0 Å². The summed E-state index contributed by atoms with van der Waals surface area (Å²) in [6.45, 7) is 11.2. The molecule has 0 bridgehead atoms. The number of likely N-dealkylation sites (N-methyl/N-ethyl adjacent to an activating group) is 1. The smallest absolute Gasteiger partial charge is 0.295 e. The second kappa shape index (κ2) is 13.3. The lowest BCUT2D eigenvalue weighted by Crippen LogP contribution is -2.38. The first-order valence-electron chi connectivity index (χ1n) is 13.9. The molecule has 1 N–H and O–H groups in total. The average molecular weight is 543 g/mol. The number of amides is 1. The number of hydrogen-bond acceptors (Lipinski definition) is 6. The van der Waals surface area contributed by atoms with Gasteiger partial charge in [0.05, 0.1) is 18.2 Å². The summed E-state index contributed by atoms with van der Waals surface area (Å²) in [7, 11) is 0. The van der Waals surface area contributed by atoms with Gasteiger partial charge in [-0.25, -0.2) is 0 Å². The number of carbonyl (C=O) groups excluding carboxylic acids is 2. The largest absolute Gasteiger partial charge is 0.507 e. The van der Waals surface area contributed by atoms with Crippen LogP contribution in [0.5, 0.6) is 17.2 Å². The number of aryl methyl sites for hydroxylation is 1. The minimum atomic E-state index is -0.759. The maximum absolute atomic E-state index is 13.5. The number of ether oxygens (including phenoxy) is 2. The molecule has 7 heteroatoms. The summed E-state index contributed by atoms with van der Waals surface area (Å²) in [6, 6.07) is 21.4. The predicted octanol–water partition coefficient (Wildman–Crippen LogP) is 6.34. The standard InChI is InChI=1S/C33H38N2O5/c1-5-20-39-26-16-17-28(23(4)21-26)31(36)29-30(35(33(38)32(29)37)19-18-34(6-2)7-3)24-12-11-15-27(22-24)40-25-13-9-8-10-14-25/h8-17,21-22,30,36H,5-7,18-20H2,1-4H3. The Morgan fingerprint density at radius 2 is 1.62 bits per heavy atom. The van der Waals surface area contributed by atoms with Crippen LogP contribution in [-0.2, 0) is 9.59 Å². The van der Waals surface area contributed by atoms with Crippen molar-refractivity contribution in [2.24, 2.45) is 0 Å². The van der Waals surface area contributed by atoms with E-state index in [1.807, 2.05) is 74.5 Å². The van der Waals surface area contributed by atoms with Crippen LogP contribution in [0, 0.1) is 6.92 Å². The zero-order valence-electron chi connectivity index (χ0n) is 23.7. The summed E-state index contributed by atoms with van der Waals surface area (Å²) in [4.78, 5) is 30.7. The first kappa shape index (κ1) is 28.9. The van der Waals surface area contributed by atoms with Crippen molar-refractivity contribution in [3.05, 3.63) is 95.1 Å². The Morgan fingerprint density at radius 3 is 2.30 bits per heavy atom. The number of ketones is 1. The normalized spacial score (nSPS) is 16.5. The number of aliphatic hydroxyl groups is 1. The second-order valence-electron chi connectivity index (χ2n) is 9.83. The van der Waals surface area contributed by atoms with E-state index < -0.39 is 17.7 Å². The molecule has 4 rings (SSSR count). The number of para-hydroxylation sites is 1. The van der Waals surface area contributed by atoms with Crippen LogP contribution in [-0.4, -0.2) is 59.4 Å². The molecule has 1 aliphatic heterocycles. The number of benzene rings is 3. The number of aliphatic hydroxyl groups excluding tert-OH is 1. The van der Waals surface area contributed by atoms with Crippen molar-refractivity contribution in [1.82, 2.24) is 9.80 Å². The molecule has 3 aromatic rings. The molecule has 0 spiro atoms. The Morgan fingerprint density at radius 1 is 0.900 bits per heavy atom. The van der Waals surface area contributed by atoms with Gasteiger partial charge in [-0.1, -0.05) is 51.1 Å². The van der Waals surface area contributed by atoms with Gasteiger partial charge in [0.25, 0.3) is 11.7 Å². The summed E-state index contributed by atoms with van der Waals surface area (Å²) >= 11 is 0. The van der Waals surface area contributed by atoms with Crippen LogP contribution < -0.4 is 9.47 Å². The first-order valence-corrected chi connectivity index (χ1v) is 13.9. The summed E-state index contributed by atoms with van der Waals surface area (Å²) < 4.78 is 11.8. The van der Waals surface area contributed by atoms with Crippen molar-refractivity contribution in [3.63, 3.8) is 0 Å². The third-order valence-corrected chi connectivity index (χ3v) is 7.17. The van der Waals surface area contributed by atoms with Crippen molar-refractivity contribution in [3.8, 4) is 17.2 Å². The molecule has 1 fully saturated rings. The van der Waals surface area contributed by atoms with E-state index in [9.17, 15) is 14.7 Å². The zero-order chi connectivity index (χ0) is 28.6. The van der Waals surface area contributed by atoms with E-state index in [1.54, 1.807) is 17.0 Å². The minimum Gasteiger partial charge on any atom is -0.507 e. The number of carbonyl (C=O) groups is 2. The molecule has 1 heterocycles. The van der Waals surface area contributed by atoms with Crippen LogP contribution in [0.25, 0.3) is 5.76 Å². The van der Waals surface area contributed by atoms with Gasteiger partial charge in [0, 0.05) is 18.7 Å². The van der Waals surface area contributed by atoms with Crippen LogP contribution in [0.3, 0.4) is 0 Å². The summed E-state index contributed by atoms with van der Waals surface area (Å²) in [5.41, 5.74) is 2.01. The molecule has 1 saturated heterocycles. The summed E-state index contributed by atoms with van der Waals surface area (Å²) in [5.74, 6) is 0.444. The first-order chi connectivity index (χ1) is 19.4. The number of likely N-dealkylation sites (tertiary alicyclic amines) is 1. The Kier molecular flexibility index (Phi) is 9.61. The van der Waals surface area contributed by atoms with Crippen molar-refractivity contribution >= 4 is 17.4 Å². The van der Waals surface area contributed by atoms with E-state index in [0.717, 1.165) is 25.1 Å². The average Bonchev–Trinajstić information content (AvgIpc) is 3.22. The van der Waals surface area contributed by atoms with Crippen molar-refractivity contribution in [2.45, 2.75) is 40.2 Å². The van der Waals surface area contributed by atoms with E-state index in [-0.39, 0.29) is 11.3 Å². The van der Waals surface area contributed by atoms with Gasteiger partial charge < -0.3 is 24.4 Å². The van der Waals surface area contributed by atoms with Gasteiger partial charge in [-0.2, -0.15) is 0 Å². The number of Topliss-reactive ketones (excluding diaryl/α,β-unsaturated/α-hetero) is 1. The Balaban J connectivity index is 1.78. The maximum Gasteiger partial charge on any atom is 0.295 e. The SMILES string of the molecule is CCCOc1ccc(C(O)=C2C(=O)C(=O)N(CCN(CC)CC)C2c2cccc(Oc3ccccc3)c2)c(C)c1. The Hall–Kier alpha value is -4.10. The van der Waals surface area contributed by atoms with Gasteiger partial charge in [-0.15, -0.1) is 0 Å². The third kappa shape index (κ3) is 6.37. The fraction of sp³-hybridized carbons (Fsp3) is 0.333. The van der Waals surface area contributed by atoms with E-state index in [0.29, 0.717) is 48.1 Å². The van der Waals surface area contributed by atoms with Crippen molar-refractivity contribution in [2.75, 3.05) is 32.8 Å². The highest BCUT2D eigenvalue weighted by Gasteiger charge is 2.46. The maximum atomic E-state index is 13.5. The van der Waals surface area contributed by atoms with Crippen LogP contribution >= 0.6 is 0 Å². The zero-order valence-corrected chi connectivity index (χ0v) is 23.7. The van der Waals surface area contributed by atoms with Gasteiger partial charge in [-0.05, 0) is 80.0 Å². The Labute approximate surface area is 236 Å². The van der Waals surface area contributed by atoms with Gasteiger partial charge in [0.2, 0.25) is 0 Å². The third-order valence-electron chi connectivity index (χ3n) is 7.17. The van der Waals surface area contributed by atoms with Gasteiger partial charge in [0.15, 0.2) is 0 Å². The fourth-order valence-electron chi connectivity index (χ4n) is 4.98. The lowest BCUT2D eigenvalue weighted by molar-refractivity contribution is -0.140. The molecule has 7 nitrogen and oxygen atoms in total. The topological polar surface area (TPSA) is 79.3 Å². The number of nitrogens with zero attached hydrogens (tertiary/aromatic N) is 2. The molecule has 3 aromatic carbocycles. The molecular formula is C33H38N2O5. The molecule has 0 radical (unpaired) electrons. The molecule has 0 aromatic heterocycles. The van der Waals surface area contributed by atoms with E-state index in [4.69, 9.17) is 9.47 Å². The van der Waals surface area contributed by atoms with Crippen LogP contribution in [0.15, 0.2) is 78.4 Å². The quantitative estimate of drug-likeness (QED) is 0.163. The molecule has 0 aliphatic carbocycles. The van der Waals surface area contributed by atoms with Crippen LogP contribution in [0.1, 0.15) is 49.9 Å². The molecule has 40 heavy (non-hydrogen) atoms. The highest BCUT2D eigenvalue weighted by molar-refractivity contribution is 6.46. The number of hydrogen-bond donors (Lipinski definition) is 1. The highest BCUT2D eigenvalue weighted by atomic mass is 16.5. The lowest BCUT2D eigenvalue weighted by atomic mass is 9.93. The minimum absolute atomic E-state index is 0.0757. The molecule has 1 aliphatic rings. The highest BCUT2D eigenvalue weighted by Crippen LogP contribution is 2.41. The van der Waals surface area contributed by atoms with E-state index in [2.05, 4.69) is 18.7 Å². The second-order valence-corrected chi connectivity index (χ2v) is 9.83. The summed E-state index contributed by atoms with van der Waals surface area (Å²) in [5, 5.41) is 11.6. The van der Waals surface area contributed by atoms with Crippen LogP contribution in [0.4, 0.5) is 0 Å². The molecular weight excluding hydrogens is 504 g/mol. The monoisotopic (exact) mass is 542 g/mol. The molecule has 0 saturated carbocycles. The van der Waals surface area contributed by atoms with Crippen molar-refractivity contribution in [1.29, 1.82) is 0 Å².